The SMILES string of the molecule is N=Cc1cc(NC(=O)C(CCN)c2ccc(Cl)c(Cl)c2)ccc1N. The number of amides is 1. The number of halogens is 2. The summed E-state index contributed by atoms with van der Waals surface area (Å²) in [6.07, 6.45) is 1.61. The van der Waals surface area contributed by atoms with Gasteiger partial charge < -0.3 is 22.2 Å². The van der Waals surface area contributed by atoms with Crippen molar-refractivity contribution in [1.82, 2.24) is 0 Å². The van der Waals surface area contributed by atoms with Gasteiger partial charge in [-0.25, -0.2) is 0 Å². The minimum Gasteiger partial charge on any atom is -0.398 e. The molecule has 0 saturated carbocycles. The van der Waals surface area contributed by atoms with Crippen LogP contribution in [0.25, 0.3) is 0 Å². The molecule has 126 valence electrons. The maximum atomic E-state index is 12.7. The summed E-state index contributed by atoms with van der Waals surface area (Å²) in [5, 5.41) is 11.0. The topological polar surface area (TPSA) is 105 Å². The number of rotatable bonds is 6. The Kier molecular flexibility index (Phi) is 6.20. The van der Waals surface area contributed by atoms with Gasteiger partial charge in [0.15, 0.2) is 0 Å². The Morgan fingerprint density at radius 1 is 1.21 bits per heavy atom. The minimum absolute atomic E-state index is 0.209. The number of nitrogen functional groups attached to an aromatic ring is 1. The molecule has 0 spiro atoms. The number of nitrogens with two attached hydrogens (primary N) is 2. The van der Waals surface area contributed by atoms with Crippen molar-refractivity contribution >= 4 is 46.7 Å². The second-order valence-corrected chi connectivity index (χ2v) is 6.10. The highest BCUT2D eigenvalue weighted by molar-refractivity contribution is 6.42. The van der Waals surface area contributed by atoms with E-state index < -0.39 is 5.92 Å². The monoisotopic (exact) mass is 364 g/mol. The van der Waals surface area contributed by atoms with Crippen LogP contribution in [0.4, 0.5) is 11.4 Å². The van der Waals surface area contributed by atoms with Crippen molar-refractivity contribution < 1.29 is 4.79 Å². The third kappa shape index (κ3) is 4.26. The quantitative estimate of drug-likeness (QED) is 0.464. The lowest BCUT2D eigenvalue weighted by Crippen LogP contribution is -2.23. The van der Waals surface area contributed by atoms with E-state index in [1.807, 2.05) is 0 Å². The molecule has 1 unspecified atom stereocenters. The molecule has 0 aliphatic heterocycles. The Bertz CT molecular complexity index is 764. The Balaban J connectivity index is 2.25. The predicted molar refractivity (Wildman–Crippen MR) is 100 cm³/mol. The molecular formula is C17H18Cl2N4O. The van der Waals surface area contributed by atoms with Crippen LogP contribution < -0.4 is 16.8 Å². The molecule has 0 aliphatic carbocycles. The smallest absolute Gasteiger partial charge is 0.231 e. The fourth-order valence-corrected chi connectivity index (χ4v) is 2.66. The van der Waals surface area contributed by atoms with Gasteiger partial charge in [0.05, 0.1) is 16.0 Å². The van der Waals surface area contributed by atoms with Crippen molar-refractivity contribution in [2.75, 3.05) is 17.6 Å². The molecule has 0 heterocycles. The van der Waals surface area contributed by atoms with Gasteiger partial charge in [-0.05, 0) is 48.9 Å². The van der Waals surface area contributed by atoms with Gasteiger partial charge in [0, 0.05) is 23.2 Å². The van der Waals surface area contributed by atoms with Gasteiger partial charge in [0.2, 0.25) is 5.91 Å². The third-order valence-electron chi connectivity index (χ3n) is 3.63. The van der Waals surface area contributed by atoms with Gasteiger partial charge in [-0.1, -0.05) is 29.3 Å². The average molecular weight is 365 g/mol. The maximum Gasteiger partial charge on any atom is 0.231 e. The predicted octanol–water partition coefficient (Wildman–Crippen LogP) is 3.64. The molecule has 0 aromatic heterocycles. The number of nitrogens with one attached hydrogen (secondary N) is 2. The number of anilines is 2. The lowest BCUT2D eigenvalue weighted by molar-refractivity contribution is -0.117. The minimum atomic E-state index is -0.453. The van der Waals surface area contributed by atoms with Gasteiger partial charge in [0.25, 0.3) is 0 Å². The van der Waals surface area contributed by atoms with Crippen LogP contribution in [0.15, 0.2) is 36.4 Å². The van der Waals surface area contributed by atoms with E-state index in [1.54, 1.807) is 36.4 Å². The number of carbonyl (C=O) groups is 1. The summed E-state index contributed by atoms with van der Waals surface area (Å²) in [5.41, 5.74) is 13.7. The molecule has 0 saturated heterocycles. The first-order chi connectivity index (χ1) is 11.5. The molecule has 7 heteroatoms. The van der Waals surface area contributed by atoms with Crippen LogP contribution in [-0.2, 0) is 4.79 Å². The molecule has 1 amide bonds. The van der Waals surface area contributed by atoms with Gasteiger partial charge in [-0.15, -0.1) is 0 Å². The molecule has 5 nitrogen and oxygen atoms in total. The van der Waals surface area contributed by atoms with E-state index in [0.29, 0.717) is 39.9 Å². The summed E-state index contributed by atoms with van der Waals surface area (Å²) in [6, 6.07) is 10.1. The number of hydrogen-bond acceptors (Lipinski definition) is 4. The first-order valence-electron chi connectivity index (χ1n) is 7.32. The van der Waals surface area contributed by atoms with Crippen LogP contribution >= 0.6 is 23.2 Å². The Labute approximate surface area is 150 Å². The molecule has 1 atom stereocenters. The summed E-state index contributed by atoms with van der Waals surface area (Å²) < 4.78 is 0. The van der Waals surface area contributed by atoms with E-state index in [2.05, 4.69) is 5.32 Å². The molecule has 0 bridgehead atoms. The zero-order valence-corrected chi connectivity index (χ0v) is 14.4. The number of benzene rings is 2. The summed E-state index contributed by atoms with van der Waals surface area (Å²) in [7, 11) is 0. The van der Waals surface area contributed by atoms with Gasteiger partial charge in [0.1, 0.15) is 0 Å². The van der Waals surface area contributed by atoms with Crippen molar-refractivity contribution in [3.8, 4) is 0 Å². The van der Waals surface area contributed by atoms with Crippen LogP contribution in [-0.4, -0.2) is 18.7 Å². The average Bonchev–Trinajstić information content (AvgIpc) is 2.57. The molecule has 2 aromatic rings. The number of carbonyl (C=O) groups excluding carboxylic acids is 1. The highest BCUT2D eigenvalue weighted by atomic mass is 35.5. The van der Waals surface area contributed by atoms with E-state index >= 15 is 0 Å². The largest absolute Gasteiger partial charge is 0.398 e. The lowest BCUT2D eigenvalue weighted by Gasteiger charge is -2.17. The van der Waals surface area contributed by atoms with E-state index in [9.17, 15) is 4.79 Å². The van der Waals surface area contributed by atoms with E-state index in [-0.39, 0.29) is 5.91 Å². The zero-order chi connectivity index (χ0) is 17.7. The van der Waals surface area contributed by atoms with Crippen molar-refractivity contribution in [3.05, 3.63) is 57.6 Å². The molecule has 6 N–H and O–H groups in total. The molecule has 0 radical (unpaired) electrons. The van der Waals surface area contributed by atoms with Crippen molar-refractivity contribution in [2.45, 2.75) is 12.3 Å². The third-order valence-corrected chi connectivity index (χ3v) is 4.37. The molecule has 0 aliphatic rings. The standard InChI is InChI=1S/C17H18Cl2N4O/c18-14-3-1-10(8-15(14)19)13(5-6-20)17(24)23-12-2-4-16(22)11(7-12)9-21/h1-4,7-9,13,21H,5-6,20,22H2,(H,23,24). The van der Waals surface area contributed by atoms with Crippen molar-refractivity contribution in [1.29, 1.82) is 5.41 Å². The normalized spacial score (nSPS) is 11.8. The summed E-state index contributed by atoms with van der Waals surface area (Å²) in [6.45, 7) is 0.353. The summed E-state index contributed by atoms with van der Waals surface area (Å²) in [5.74, 6) is -0.662. The Morgan fingerprint density at radius 2 is 1.96 bits per heavy atom. The highest BCUT2D eigenvalue weighted by Crippen LogP contribution is 2.29. The zero-order valence-electron chi connectivity index (χ0n) is 12.9. The summed E-state index contributed by atoms with van der Waals surface area (Å²) in [4.78, 5) is 12.7. The number of hydrogen-bond donors (Lipinski definition) is 4. The molecular weight excluding hydrogens is 347 g/mol. The van der Waals surface area contributed by atoms with E-state index in [4.69, 9.17) is 40.1 Å². The van der Waals surface area contributed by atoms with Crippen LogP contribution in [0.2, 0.25) is 10.0 Å². The van der Waals surface area contributed by atoms with Crippen LogP contribution in [0.3, 0.4) is 0 Å². The highest BCUT2D eigenvalue weighted by Gasteiger charge is 2.21. The first-order valence-corrected chi connectivity index (χ1v) is 8.07. The van der Waals surface area contributed by atoms with Crippen LogP contribution in [0, 0.1) is 5.41 Å². The second-order valence-electron chi connectivity index (χ2n) is 5.28. The maximum absolute atomic E-state index is 12.7. The second kappa shape index (κ2) is 8.15. The molecule has 24 heavy (non-hydrogen) atoms. The first kappa shape index (κ1) is 18.3. The van der Waals surface area contributed by atoms with Gasteiger partial charge >= 0.3 is 0 Å². The Hall–Kier alpha value is -2.08. The van der Waals surface area contributed by atoms with Crippen LogP contribution in [0.5, 0.6) is 0 Å². The molecule has 0 fully saturated rings. The fourth-order valence-electron chi connectivity index (χ4n) is 2.35. The van der Waals surface area contributed by atoms with Crippen molar-refractivity contribution in [2.24, 2.45) is 5.73 Å². The van der Waals surface area contributed by atoms with Gasteiger partial charge in [-0.3, -0.25) is 4.79 Å². The fraction of sp³-hybridized carbons (Fsp3) is 0.176. The Morgan fingerprint density at radius 3 is 2.58 bits per heavy atom. The molecule has 2 aromatic carbocycles. The summed E-state index contributed by atoms with van der Waals surface area (Å²) >= 11 is 12.0. The van der Waals surface area contributed by atoms with Crippen LogP contribution in [0.1, 0.15) is 23.5 Å². The lowest BCUT2D eigenvalue weighted by atomic mass is 9.94. The van der Waals surface area contributed by atoms with E-state index in [1.165, 1.54) is 0 Å². The van der Waals surface area contributed by atoms with Gasteiger partial charge in [-0.2, -0.15) is 0 Å². The molecule has 2 rings (SSSR count). The van der Waals surface area contributed by atoms with Crippen molar-refractivity contribution in [3.63, 3.8) is 0 Å². The van der Waals surface area contributed by atoms with E-state index in [0.717, 1.165) is 11.8 Å².